The van der Waals surface area contributed by atoms with E-state index in [-0.39, 0.29) is 0 Å². The topological polar surface area (TPSA) is 45.1 Å². The Morgan fingerprint density at radius 1 is 1.60 bits per heavy atom. The number of thioether (sulfide) groups is 1. The number of nitrogens with zero attached hydrogens (tertiary/aromatic N) is 1. The van der Waals surface area contributed by atoms with Gasteiger partial charge in [0.2, 0.25) is 0 Å². The summed E-state index contributed by atoms with van der Waals surface area (Å²) in [5.74, 6) is 0.710. The largest absolute Gasteiger partial charge is 0.387 e. The Morgan fingerprint density at radius 2 is 2.33 bits per heavy atom. The van der Waals surface area contributed by atoms with Crippen LogP contribution in [0.3, 0.4) is 0 Å². The third-order valence-electron chi connectivity index (χ3n) is 1.83. The third-order valence-corrected chi connectivity index (χ3v) is 3.18. The van der Waals surface area contributed by atoms with Gasteiger partial charge in [-0.25, -0.2) is 0 Å². The number of aromatic nitrogens is 1. The zero-order valence-electron chi connectivity index (χ0n) is 8.83. The molecule has 1 atom stereocenters. The fourth-order valence-electron chi connectivity index (χ4n) is 1.16. The number of rotatable bonds is 5. The molecule has 0 aliphatic carbocycles. The van der Waals surface area contributed by atoms with E-state index in [9.17, 15) is 5.11 Å². The number of halogens is 1. The van der Waals surface area contributed by atoms with Gasteiger partial charge >= 0.3 is 0 Å². The number of aliphatic hydroxyl groups is 1. The Hall–Kier alpha value is -0.260. The first-order valence-corrected chi connectivity index (χ1v) is 6.78. The van der Waals surface area contributed by atoms with Gasteiger partial charge in [-0.1, -0.05) is 0 Å². The maximum atomic E-state index is 9.93. The molecule has 0 saturated heterocycles. The Balaban J connectivity index is 2.49. The predicted octanol–water partition coefficient (Wildman–Crippen LogP) is 2.37. The summed E-state index contributed by atoms with van der Waals surface area (Å²) in [5.41, 5.74) is 0.215. The van der Waals surface area contributed by atoms with Crippen molar-refractivity contribution in [2.45, 2.75) is 12.5 Å². The summed E-state index contributed by atoms with van der Waals surface area (Å²) in [6, 6.07) is 1.93. The fourth-order valence-corrected chi connectivity index (χ4v) is 2.25. The van der Waals surface area contributed by atoms with Crippen LogP contribution in [0.15, 0.2) is 22.9 Å². The van der Waals surface area contributed by atoms with Crippen LogP contribution in [0.1, 0.15) is 6.92 Å². The number of anilines is 1. The SMILES string of the molecule is CSC[C@@](C)(O)CNc1cncc(Br)c1. The molecule has 3 nitrogen and oxygen atoms in total. The maximum Gasteiger partial charge on any atom is 0.0880 e. The summed E-state index contributed by atoms with van der Waals surface area (Å²) < 4.78 is 0.928. The van der Waals surface area contributed by atoms with Crippen molar-refractivity contribution in [3.05, 3.63) is 22.9 Å². The minimum Gasteiger partial charge on any atom is -0.387 e. The number of pyridine rings is 1. The van der Waals surface area contributed by atoms with Gasteiger partial charge in [0.1, 0.15) is 0 Å². The van der Waals surface area contributed by atoms with Crippen molar-refractivity contribution >= 4 is 33.4 Å². The normalized spacial score (nSPS) is 14.7. The Bertz CT molecular complexity index is 320. The highest BCUT2D eigenvalue weighted by Gasteiger charge is 2.18. The third kappa shape index (κ3) is 4.86. The van der Waals surface area contributed by atoms with Crippen LogP contribution in [0.5, 0.6) is 0 Å². The van der Waals surface area contributed by atoms with Crippen LogP contribution in [0.25, 0.3) is 0 Å². The molecule has 0 aliphatic heterocycles. The van der Waals surface area contributed by atoms with Gasteiger partial charge in [0.25, 0.3) is 0 Å². The highest BCUT2D eigenvalue weighted by Crippen LogP contribution is 2.16. The van der Waals surface area contributed by atoms with Gasteiger partial charge in [-0.05, 0) is 35.2 Å². The van der Waals surface area contributed by atoms with Crippen LogP contribution in [0.2, 0.25) is 0 Å². The highest BCUT2D eigenvalue weighted by atomic mass is 79.9. The Kier molecular flexibility index (Phi) is 4.89. The van der Waals surface area contributed by atoms with Gasteiger partial charge in [-0.3, -0.25) is 4.98 Å². The standard InChI is InChI=1S/C10H15BrN2OS/c1-10(14,7-15-2)6-13-9-3-8(11)4-12-5-9/h3-5,13-14H,6-7H2,1-2H3/t10-/m0/s1. The first-order chi connectivity index (χ1) is 7.03. The minimum atomic E-state index is -0.693. The molecule has 0 amide bonds. The van der Waals surface area contributed by atoms with Gasteiger partial charge in [0.05, 0.1) is 17.5 Å². The number of hydrogen-bond donors (Lipinski definition) is 2. The van der Waals surface area contributed by atoms with E-state index in [0.717, 1.165) is 10.2 Å². The van der Waals surface area contributed by atoms with Crippen molar-refractivity contribution in [3.63, 3.8) is 0 Å². The molecular formula is C10H15BrN2OS. The number of nitrogens with one attached hydrogen (secondary N) is 1. The van der Waals surface area contributed by atoms with Crippen molar-refractivity contribution in [3.8, 4) is 0 Å². The van der Waals surface area contributed by atoms with Gasteiger partial charge in [0, 0.05) is 23.0 Å². The molecule has 1 heterocycles. The average Bonchev–Trinajstić information content (AvgIpc) is 2.15. The molecule has 0 radical (unpaired) electrons. The predicted molar refractivity (Wildman–Crippen MR) is 69.4 cm³/mol. The average molecular weight is 291 g/mol. The van der Waals surface area contributed by atoms with Crippen molar-refractivity contribution < 1.29 is 5.11 Å². The summed E-state index contributed by atoms with van der Waals surface area (Å²) in [7, 11) is 0. The summed E-state index contributed by atoms with van der Waals surface area (Å²) >= 11 is 4.98. The van der Waals surface area contributed by atoms with Gasteiger partial charge < -0.3 is 10.4 Å². The van der Waals surface area contributed by atoms with Gasteiger partial charge in [-0.2, -0.15) is 11.8 Å². The molecule has 0 unspecified atom stereocenters. The lowest BCUT2D eigenvalue weighted by Crippen LogP contribution is -2.36. The van der Waals surface area contributed by atoms with Gasteiger partial charge in [0.15, 0.2) is 0 Å². The molecule has 0 bridgehead atoms. The first kappa shape index (κ1) is 12.8. The molecule has 84 valence electrons. The molecular weight excluding hydrogens is 276 g/mol. The lowest BCUT2D eigenvalue weighted by atomic mass is 10.1. The molecule has 0 fully saturated rings. The fraction of sp³-hybridized carbons (Fsp3) is 0.500. The molecule has 2 N–H and O–H groups in total. The molecule has 0 aliphatic rings. The molecule has 0 saturated carbocycles. The summed E-state index contributed by atoms with van der Waals surface area (Å²) in [5, 5.41) is 13.1. The Labute approximate surface area is 103 Å². The summed E-state index contributed by atoms with van der Waals surface area (Å²) in [6.07, 6.45) is 5.44. The van der Waals surface area contributed by atoms with Crippen LogP contribution in [0.4, 0.5) is 5.69 Å². The highest BCUT2D eigenvalue weighted by molar-refractivity contribution is 9.10. The van der Waals surface area contributed by atoms with Gasteiger partial charge in [-0.15, -0.1) is 0 Å². The first-order valence-electron chi connectivity index (χ1n) is 4.59. The quantitative estimate of drug-likeness (QED) is 0.874. The second-order valence-corrected chi connectivity index (χ2v) is 5.46. The second kappa shape index (κ2) is 5.72. The molecule has 1 rings (SSSR count). The molecule has 0 aromatic carbocycles. The van der Waals surface area contributed by atoms with Crippen molar-refractivity contribution in [2.75, 3.05) is 23.9 Å². The molecule has 1 aromatic heterocycles. The lowest BCUT2D eigenvalue weighted by molar-refractivity contribution is 0.0997. The van der Waals surface area contributed by atoms with E-state index in [2.05, 4.69) is 26.2 Å². The number of hydrogen-bond acceptors (Lipinski definition) is 4. The lowest BCUT2D eigenvalue weighted by Gasteiger charge is -2.23. The van der Waals surface area contributed by atoms with Crippen LogP contribution < -0.4 is 5.32 Å². The minimum absolute atomic E-state index is 0.520. The molecule has 15 heavy (non-hydrogen) atoms. The van der Waals surface area contributed by atoms with E-state index in [4.69, 9.17) is 0 Å². The molecule has 0 spiro atoms. The second-order valence-electron chi connectivity index (χ2n) is 3.68. The maximum absolute atomic E-state index is 9.93. The molecule has 1 aromatic rings. The Morgan fingerprint density at radius 3 is 2.93 bits per heavy atom. The zero-order valence-corrected chi connectivity index (χ0v) is 11.2. The van der Waals surface area contributed by atoms with Crippen LogP contribution in [-0.4, -0.2) is 34.2 Å². The van der Waals surface area contributed by atoms with E-state index in [1.807, 2.05) is 19.2 Å². The van der Waals surface area contributed by atoms with Crippen molar-refractivity contribution in [2.24, 2.45) is 0 Å². The zero-order chi connectivity index (χ0) is 11.3. The van der Waals surface area contributed by atoms with Crippen LogP contribution in [-0.2, 0) is 0 Å². The van der Waals surface area contributed by atoms with E-state index in [1.165, 1.54) is 0 Å². The van der Waals surface area contributed by atoms with E-state index in [1.54, 1.807) is 24.2 Å². The van der Waals surface area contributed by atoms with Crippen molar-refractivity contribution in [1.29, 1.82) is 0 Å². The summed E-state index contributed by atoms with van der Waals surface area (Å²) in [4.78, 5) is 4.03. The monoisotopic (exact) mass is 290 g/mol. The van der Waals surface area contributed by atoms with Crippen LogP contribution in [0, 0.1) is 0 Å². The molecule has 5 heteroatoms. The van der Waals surface area contributed by atoms with E-state index >= 15 is 0 Å². The van der Waals surface area contributed by atoms with E-state index in [0.29, 0.717) is 12.3 Å². The van der Waals surface area contributed by atoms with Crippen molar-refractivity contribution in [1.82, 2.24) is 4.98 Å². The van der Waals surface area contributed by atoms with Crippen LogP contribution >= 0.6 is 27.7 Å². The summed E-state index contributed by atoms with van der Waals surface area (Å²) in [6.45, 7) is 2.34. The smallest absolute Gasteiger partial charge is 0.0880 e. The van der Waals surface area contributed by atoms with E-state index < -0.39 is 5.60 Å².